The lowest BCUT2D eigenvalue weighted by Crippen LogP contribution is -2.34. The van der Waals surface area contributed by atoms with Gasteiger partial charge in [0.1, 0.15) is 23.9 Å². The van der Waals surface area contributed by atoms with Gasteiger partial charge in [-0.2, -0.15) is 18.3 Å². The van der Waals surface area contributed by atoms with Crippen molar-refractivity contribution in [3.63, 3.8) is 0 Å². The Balaban J connectivity index is 1.52. The van der Waals surface area contributed by atoms with Crippen LogP contribution in [0.3, 0.4) is 0 Å². The third-order valence-corrected chi connectivity index (χ3v) is 7.62. The lowest BCUT2D eigenvalue weighted by atomic mass is 10.1. The number of halogens is 5. The molecule has 42 heavy (non-hydrogen) atoms. The van der Waals surface area contributed by atoms with Gasteiger partial charge < -0.3 is 19.5 Å². The van der Waals surface area contributed by atoms with Crippen LogP contribution in [0.25, 0.3) is 11.3 Å². The number of amides is 1. The molecule has 0 saturated carbocycles. The summed E-state index contributed by atoms with van der Waals surface area (Å²) in [5.74, 6) is -1.75. The Bertz CT molecular complexity index is 1590. The predicted octanol–water partition coefficient (Wildman–Crippen LogP) is 5.60. The zero-order valence-corrected chi connectivity index (χ0v) is 23.6. The molecule has 0 fully saturated rings. The maximum absolute atomic E-state index is 14.2. The van der Waals surface area contributed by atoms with Gasteiger partial charge in [-0.1, -0.05) is 11.6 Å². The standard InChI is InChI=1S/C27H23ClF4N4O5S/c1-39-22-8-6-20(35-24(22)15-3-5-19(29)18(28)11-15)25(27(30,31)32)42(38)14-33-26(37)16-4-7-21(23(12-16)40-2)41-13-17-9-10-34-36-17/h3-12,25H,13-14H2,1-2H3,(H,33,37)(H,34,36). The highest BCUT2D eigenvalue weighted by molar-refractivity contribution is 7.85. The van der Waals surface area contributed by atoms with Crippen molar-refractivity contribution in [2.24, 2.45) is 0 Å². The van der Waals surface area contributed by atoms with Gasteiger partial charge >= 0.3 is 6.18 Å². The quantitative estimate of drug-likeness (QED) is 0.208. The summed E-state index contributed by atoms with van der Waals surface area (Å²) in [7, 11) is -0.0522. The first-order valence-electron chi connectivity index (χ1n) is 12.0. The van der Waals surface area contributed by atoms with Crippen LogP contribution in [0.2, 0.25) is 5.02 Å². The Morgan fingerprint density at radius 2 is 1.79 bits per heavy atom. The van der Waals surface area contributed by atoms with Crippen LogP contribution in [0.4, 0.5) is 17.6 Å². The number of aromatic nitrogens is 3. The highest BCUT2D eigenvalue weighted by Gasteiger charge is 2.46. The van der Waals surface area contributed by atoms with Crippen LogP contribution in [0.15, 0.2) is 60.8 Å². The minimum Gasteiger partial charge on any atom is -0.494 e. The minimum atomic E-state index is -4.99. The van der Waals surface area contributed by atoms with Crippen LogP contribution in [0, 0.1) is 5.82 Å². The number of alkyl halides is 3. The van der Waals surface area contributed by atoms with Gasteiger partial charge in [-0.3, -0.25) is 14.1 Å². The van der Waals surface area contributed by atoms with Gasteiger partial charge in [-0.05, 0) is 54.6 Å². The van der Waals surface area contributed by atoms with E-state index in [1.54, 1.807) is 12.3 Å². The van der Waals surface area contributed by atoms with E-state index in [4.69, 9.17) is 25.8 Å². The van der Waals surface area contributed by atoms with E-state index in [2.05, 4.69) is 20.5 Å². The minimum absolute atomic E-state index is 0.0411. The molecular weight excluding hydrogens is 604 g/mol. The molecule has 0 aliphatic carbocycles. The number of pyridine rings is 1. The van der Waals surface area contributed by atoms with Gasteiger partial charge in [0.2, 0.25) is 0 Å². The first-order chi connectivity index (χ1) is 20.0. The molecular formula is C27H23ClF4N4O5S. The molecule has 2 unspecified atom stereocenters. The zero-order valence-electron chi connectivity index (χ0n) is 22.0. The molecule has 2 aromatic carbocycles. The molecule has 0 aliphatic rings. The van der Waals surface area contributed by atoms with Crippen LogP contribution in [0.5, 0.6) is 17.2 Å². The smallest absolute Gasteiger partial charge is 0.408 e. The van der Waals surface area contributed by atoms with Gasteiger partial charge in [0.25, 0.3) is 5.91 Å². The molecule has 0 bridgehead atoms. The van der Waals surface area contributed by atoms with Crippen LogP contribution in [0.1, 0.15) is 27.0 Å². The topological polar surface area (TPSA) is 115 Å². The van der Waals surface area contributed by atoms with E-state index >= 15 is 0 Å². The number of carbonyl (C=O) groups is 1. The molecule has 2 aromatic heterocycles. The molecule has 4 rings (SSSR count). The van der Waals surface area contributed by atoms with Crippen LogP contribution in [-0.4, -0.2) is 51.6 Å². The summed E-state index contributed by atoms with van der Waals surface area (Å²) in [5, 5.41) is 5.99. The van der Waals surface area contributed by atoms with Crippen LogP contribution in [-0.2, 0) is 17.4 Å². The van der Waals surface area contributed by atoms with Gasteiger partial charge in [0.05, 0.1) is 47.3 Å². The first-order valence-corrected chi connectivity index (χ1v) is 13.8. The maximum atomic E-state index is 14.2. The Morgan fingerprint density at radius 3 is 2.43 bits per heavy atom. The average Bonchev–Trinajstić information content (AvgIpc) is 3.49. The third kappa shape index (κ3) is 7.18. The molecule has 0 aliphatic heterocycles. The first kappa shape index (κ1) is 30.8. The van der Waals surface area contributed by atoms with E-state index < -0.39 is 45.5 Å². The number of hydrogen-bond donors (Lipinski definition) is 2. The number of methoxy groups -OCH3 is 2. The number of benzene rings is 2. The van der Waals surface area contributed by atoms with Crippen molar-refractivity contribution in [2.45, 2.75) is 18.0 Å². The number of H-pyrrole nitrogens is 1. The second-order valence-electron chi connectivity index (χ2n) is 8.60. The number of nitrogens with one attached hydrogen (secondary N) is 2. The van der Waals surface area contributed by atoms with E-state index in [9.17, 15) is 26.6 Å². The molecule has 2 heterocycles. The van der Waals surface area contributed by atoms with Crippen molar-refractivity contribution in [3.8, 4) is 28.5 Å². The number of hydrogen-bond acceptors (Lipinski definition) is 7. The summed E-state index contributed by atoms with van der Waals surface area (Å²) in [5.41, 5.74) is 0.270. The SMILES string of the molecule is COc1cc(C(=O)NCS(=O)C(c2ccc(OC)c(-c3ccc(F)c(Cl)c3)n2)C(F)(F)F)ccc1OCc1ccn[nH]1. The summed E-state index contributed by atoms with van der Waals surface area (Å²) in [6.45, 7) is 0.148. The molecule has 0 spiro atoms. The highest BCUT2D eigenvalue weighted by Crippen LogP contribution is 2.39. The van der Waals surface area contributed by atoms with Crippen molar-refractivity contribution in [1.29, 1.82) is 0 Å². The lowest BCUT2D eigenvalue weighted by Gasteiger charge is -2.21. The normalized spacial score (nSPS) is 12.8. The third-order valence-electron chi connectivity index (χ3n) is 5.86. The lowest BCUT2D eigenvalue weighted by molar-refractivity contribution is -0.131. The van der Waals surface area contributed by atoms with E-state index in [1.165, 1.54) is 50.6 Å². The molecule has 0 radical (unpaired) electrons. The fourth-order valence-corrected chi connectivity index (χ4v) is 5.16. The number of carbonyl (C=O) groups excluding carboxylic acids is 1. The summed E-state index contributed by atoms with van der Waals surface area (Å²) in [4.78, 5) is 16.8. The number of ether oxygens (including phenoxy) is 3. The summed E-state index contributed by atoms with van der Waals surface area (Å²) in [6.07, 6.45) is -3.44. The van der Waals surface area contributed by atoms with E-state index in [-0.39, 0.29) is 39.9 Å². The van der Waals surface area contributed by atoms with Crippen LogP contribution < -0.4 is 19.5 Å². The molecule has 9 nitrogen and oxygen atoms in total. The summed E-state index contributed by atoms with van der Waals surface area (Å²) in [6, 6.07) is 11.7. The Hall–Kier alpha value is -4.17. The average molecular weight is 627 g/mol. The Morgan fingerprint density at radius 1 is 1.05 bits per heavy atom. The van der Waals surface area contributed by atoms with Crippen LogP contribution >= 0.6 is 11.6 Å². The van der Waals surface area contributed by atoms with Gasteiger partial charge in [-0.15, -0.1) is 0 Å². The van der Waals surface area contributed by atoms with Crippen molar-refractivity contribution < 1.29 is 40.8 Å². The van der Waals surface area contributed by atoms with Crippen molar-refractivity contribution in [1.82, 2.24) is 20.5 Å². The Kier molecular flexibility index (Phi) is 9.68. The van der Waals surface area contributed by atoms with Gasteiger partial charge in [-0.25, -0.2) is 9.37 Å². The second kappa shape index (κ2) is 13.2. The fourth-order valence-electron chi connectivity index (χ4n) is 3.84. The van der Waals surface area contributed by atoms with E-state index in [1.807, 2.05) is 0 Å². The predicted molar refractivity (Wildman–Crippen MR) is 146 cm³/mol. The van der Waals surface area contributed by atoms with Crippen molar-refractivity contribution in [3.05, 3.63) is 88.6 Å². The largest absolute Gasteiger partial charge is 0.494 e. The van der Waals surface area contributed by atoms with E-state index in [0.29, 0.717) is 11.4 Å². The molecule has 222 valence electrons. The zero-order chi connectivity index (χ0) is 30.4. The molecule has 15 heteroatoms. The second-order valence-corrected chi connectivity index (χ2v) is 10.5. The van der Waals surface area contributed by atoms with Gasteiger partial charge in [0.15, 0.2) is 16.7 Å². The van der Waals surface area contributed by atoms with Gasteiger partial charge in [0, 0.05) is 17.3 Å². The van der Waals surface area contributed by atoms with Crippen molar-refractivity contribution in [2.75, 3.05) is 20.1 Å². The number of rotatable bonds is 11. The highest BCUT2D eigenvalue weighted by atomic mass is 35.5. The number of nitrogens with zero attached hydrogens (tertiary/aromatic N) is 2. The number of aromatic amines is 1. The molecule has 2 atom stereocenters. The molecule has 4 aromatic rings. The van der Waals surface area contributed by atoms with Crippen molar-refractivity contribution >= 4 is 28.3 Å². The molecule has 1 amide bonds. The maximum Gasteiger partial charge on any atom is 0.408 e. The van der Waals surface area contributed by atoms with E-state index in [0.717, 1.165) is 12.1 Å². The monoisotopic (exact) mass is 626 g/mol. The summed E-state index contributed by atoms with van der Waals surface area (Å²) < 4.78 is 85.3. The molecule has 2 N–H and O–H groups in total. The Labute approximate surface area is 244 Å². The summed E-state index contributed by atoms with van der Waals surface area (Å²) >= 11 is 5.84. The molecule has 0 saturated heterocycles. The fraction of sp³-hybridized carbons (Fsp3) is 0.222.